The third-order valence-electron chi connectivity index (χ3n) is 3.26. The van der Waals surface area contributed by atoms with Crippen LogP contribution in [0.4, 0.5) is 0 Å². The number of hydrogen-bond acceptors (Lipinski definition) is 5. The Labute approximate surface area is 115 Å². The van der Waals surface area contributed by atoms with Crippen molar-refractivity contribution in [1.82, 2.24) is 4.72 Å². The Bertz CT molecular complexity index is 601. The third-order valence-corrected chi connectivity index (χ3v) is 6.06. The molecule has 0 amide bonds. The molecular formula is C11H15NO5S2. The van der Waals surface area contributed by atoms with Crippen molar-refractivity contribution in [2.45, 2.75) is 36.7 Å². The van der Waals surface area contributed by atoms with E-state index in [9.17, 15) is 18.3 Å². The molecule has 2 rings (SSSR count). The highest BCUT2D eigenvalue weighted by Crippen LogP contribution is 2.32. The zero-order chi connectivity index (χ0) is 14.3. The zero-order valence-electron chi connectivity index (χ0n) is 10.3. The first kappa shape index (κ1) is 14.4. The fourth-order valence-electron chi connectivity index (χ4n) is 1.98. The minimum Gasteiger partial charge on any atom is -0.477 e. The van der Waals surface area contributed by atoms with Crippen LogP contribution in [0, 0.1) is 6.92 Å². The van der Waals surface area contributed by atoms with Crippen LogP contribution in [0.15, 0.2) is 10.3 Å². The molecule has 0 aromatic carbocycles. The lowest BCUT2D eigenvalue weighted by Crippen LogP contribution is -2.47. The molecule has 0 atom stereocenters. The van der Waals surface area contributed by atoms with Gasteiger partial charge in [-0.2, -0.15) is 0 Å². The van der Waals surface area contributed by atoms with Gasteiger partial charge in [0.2, 0.25) is 10.0 Å². The summed E-state index contributed by atoms with van der Waals surface area (Å²) in [7, 11) is -3.91. The van der Waals surface area contributed by atoms with Gasteiger partial charge in [-0.1, -0.05) is 0 Å². The Morgan fingerprint density at radius 2 is 2.16 bits per heavy atom. The normalized spacial score (nSPS) is 18.0. The van der Waals surface area contributed by atoms with E-state index in [-0.39, 0.29) is 16.3 Å². The number of sulfonamides is 1. The van der Waals surface area contributed by atoms with Gasteiger partial charge in [-0.15, -0.1) is 11.3 Å². The molecule has 0 aliphatic heterocycles. The van der Waals surface area contributed by atoms with E-state index in [4.69, 9.17) is 5.11 Å². The first-order valence-electron chi connectivity index (χ1n) is 5.79. The van der Waals surface area contributed by atoms with Crippen LogP contribution < -0.4 is 4.72 Å². The van der Waals surface area contributed by atoms with Crippen LogP contribution in [0.2, 0.25) is 0 Å². The average molecular weight is 305 g/mol. The van der Waals surface area contributed by atoms with E-state index in [2.05, 4.69) is 4.72 Å². The van der Waals surface area contributed by atoms with Crippen molar-refractivity contribution in [2.75, 3.05) is 6.54 Å². The van der Waals surface area contributed by atoms with Gasteiger partial charge in [0.25, 0.3) is 0 Å². The highest BCUT2D eigenvalue weighted by molar-refractivity contribution is 7.89. The summed E-state index contributed by atoms with van der Waals surface area (Å²) in [5, 5.41) is 20.4. The fraction of sp³-hybridized carbons (Fsp3) is 0.545. The summed E-state index contributed by atoms with van der Waals surface area (Å²) in [5.41, 5.74) is -0.587. The number of nitrogens with one attached hydrogen (secondary N) is 1. The molecule has 6 nitrogen and oxygen atoms in total. The van der Waals surface area contributed by atoms with E-state index < -0.39 is 21.6 Å². The largest absolute Gasteiger partial charge is 0.477 e. The molecule has 1 saturated carbocycles. The Morgan fingerprint density at radius 3 is 2.63 bits per heavy atom. The number of hydrogen-bond donors (Lipinski definition) is 3. The van der Waals surface area contributed by atoms with E-state index in [1.807, 2.05) is 0 Å². The van der Waals surface area contributed by atoms with Crippen LogP contribution in [0.5, 0.6) is 0 Å². The molecule has 0 bridgehead atoms. The zero-order valence-corrected chi connectivity index (χ0v) is 12.0. The van der Waals surface area contributed by atoms with Crippen molar-refractivity contribution >= 4 is 27.3 Å². The van der Waals surface area contributed by atoms with Crippen LogP contribution in [0.25, 0.3) is 0 Å². The van der Waals surface area contributed by atoms with Gasteiger partial charge >= 0.3 is 5.97 Å². The number of rotatable bonds is 5. The standard InChI is InChI=1S/C11H15NO5S2/c1-7-5-18-8(10(13)14)9(7)19(16,17)12-6-11(15)3-2-4-11/h5,12,15H,2-4,6H2,1H3,(H,13,14). The maximum Gasteiger partial charge on any atom is 0.347 e. The summed E-state index contributed by atoms with van der Waals surface area (Å²) in [6.07, 6.45) is 1.99. The van der Waals surface area contributed by atoms with E-state index in [1.165, 1.54) is 5.38 Å². The van der Waals surface area contributed by atoms with Crippen molar-refractivity contribution in [2.24, 2.45) is 0 Å². The molecule has 0 unspecified atom stereocenters. The number of carbonyl (C=O) groups is 1. The number of thiophene rings is 1. The number of aryl methyl sites for hydroxylation is 1. The molecule has 1 heterocycles. The van der Waals surface area contributed by atoms with Crippen LogP contribution in [-0.4, -0.2) is 36.7 Å². The number of carboxylic acids is 1. The topological polar surface area (TPSA) is 104 Å². The molecule has 19 heavy (non-hydrogen) atoms. The van der Waals surface area contributed by atoms with E-state index >= 15 is 0 Å². The predicted molar refractivity (Wildman–Crippen MR) is 70.0 cm³/mol. The molecule has 1 aliphatic rings. The monoisotopic (exact) mass is 305 g/mol. The third kappa shape index (κ3) is 2.81. The molecule has 0 spiro atoms. The summed E-state index contributed by atoms with van der Waals surface area (Å²) in [4.78, 5) is 10.6. The molecule has 0 saturated heterocycles. The molecule has 0 radical (unpaired) electrons. The lowest BCUT2D eigenvalue weighted by atomic mass is 9.81. The Balaban J connectivity index is 2.24. The SMILES string of the molecule is Cc1csc(C(=O)O)c1S(=O)(=O)NCC1(O)CCC1. The number of aliphatic hydroxyl groups is 1. The minimum atomic E-state index is -3.91. The van der Waals surface area contributed by atoms with Crippen LogP contribution in [-0.2, 0) is 10.0 Å². The Hall–Kier alpha value is -0.960. The number of aromatic carboxylic acids is 1. The fourth-order valence-corrected chi connectivity index (χ4v) is 4.72. The number of carboxylic acid groups (broad SMARTS) is 1. The van der Waals surface area contributed by atoms with E-state index in [0.29, 0.717) is 18.4 Å². The van der Waals surface area contributed by atoms with Gasteiger partial charge in [-0.05, 0) is 37.1 Å². The molecule has 1 aliphatic carbocycles. The lowest BCUT2D eigenvalue weighted by molar-refractivity contribution is -0.0270. The summed E-state index contributed by atoms with van der Waals surface area (Å²) >= 11 is 0.883. The summed E-state index contributed by atoms with van der Waals surface area (Å²) in [5.74, 6) is -1.26. The van der Waals surface area contributed by atoms with E-state index in [1.54, 1.807) is 6.92 Å². The second kappa shape index (κ2) is 4.86. The van der Waals surface area contributed by atoms with Gasteiger partial charge in [0.15, 0.2) is 0 Å². The highest BCUT2D eigenvalue weighted by Gasteiger charge is 2.36. The van der Waals surface area contributed by atoms with Crippen molar-refractivity contribution in [3.8, 4) is 0 Å². The average Bonchev–Trinajstić information content (AvgIpc) is 2.67. The van der Waals surface area contributed by atoms with Crippen molar-refractivity contribution in [3.63, 3.8) is 0 Å². The van der Waals surface area contributed by atoms with Crippen molar-refractivity contribution in [1.29, 1.82) is 0 Å². The minimum absolute atomic E-state index is 0.0797. The van der Waals surface area contributed by atoms with Crippen LogP contribution in [0.1, 0.15) is 34.5 Å². The molecule has 1 aromatic rings. The molecular weight excluding hydrogens is 290 g/mol. The quantitative estimate of drug-likeness (QED) is 0.751. The second-order valence-corrected chi connectivity index (χ2v) is 7.37. The summed E-state index contributed by atoms with van der Waals surface area (Å²) < 4.78 is 26.6. The maximum atomic E-state index is 12.1. The lowest BCUT2D eigenvalue weighted by Gasteiger charge is -2.36. The molecule has 1 aromatic heterocycles. The molecule has 8 heteroatoms. The van der Waals surface area contributed by atoms with Gasteiger partial charge in [0.1, 0.15) is 9.77 Å². The van der Waals surface area contributed by atoms with Crippen molar-refractivity contribution < 1.29 is 23.4 Å². The van der Waals surface area contributed by atoms with Gasteiger partial charge in [0.05, 0.1) is 5.60 Å². The summed E-state index contributed by atoms with van der Waals surface area (Å²) in [6, 6.07) is 0. The highest BCUT2D eigenvalue weighted by atomic mass is 32.2. The van der Waals surface area contributed by atoms with E-state index in [0.717, 1.165) is 17.8 Å². The first-order valence-corrected chi connectivity index (χ1v) is 8.15. The first-order chi connectivity index (χ1) is 8.75. The predicted octanol–water partition coefficient (Wildman–Crippen LogP) is 0.948. The Morgan fingerprint density at radius 1 is 1.53 bits per heavy atom. The smallest absolute Gasteiger partial charge is 0.347 e. The van der Waals surface area contributed by atoms with Gasteiger partial charge in [0, 0.05) is 6.54 Å². The molecule has 3 N–H and O–H groups in total. The van der Waals surface area contributed by atoms with Gasteiger partial charge in [-0.25, -0.2) is 17.9 Å². The molecule has 106 valence electrons. The van der Waals surface area contributed by atoms with Crippen molar-refractivity contribution in [3.05, 3.63) is 15.8 Å². The summed E-state index contributed by atoms with van der Waals surface area (Å²) in [6.45, 7) is 1.47. The van der Waals surface area contributed by atoms with Crippen LogP contribution >= 0.6 is 11.3 Å². The second-order valence-electron chi connectivity index (χ2n) is 4.78. The van der Waals surface area contributed by atoms with Gasteiger partial charge < -0.3 is 10.2 Å². The molecule has 1 fully saturated rings. The Kier molecular flexibility index (Phi) is 3.69. The van der Waals surface area contributed by atoms with Gasteiger partial charge in [-0.3, -0.25) is 0 Å². The maximum absolute atomic E-state index is 12.1. The van der Waals surface area contributed by atoms with Crippen LogP contribution in [0.3, 0.4) is 0 Å².